The maximum absolute atomic E-state index is 5.40. The van der Waals surface area contributed by atoms with Gasteiger partial charge in [-0.3, -0.25) is 0 Å². The van der Waals surface area contributed by atoms with Crippen LogP contribution in [0.3, 0.4) is 0 Å². The lowest BCUT2D eigenvalue weighted by atomic mass is 9.90. The predicted molar refractivity (Wildman–Crippen MR) is 66.6 cm³/mol. The molecule has 0 aromatic carbocycles. The van der Waals surface area contributed by atoms with Gasteiger partial charge in [0, 0.05) is 19.2 Å². The molecule has 3 nitrogen and oxygen atoms in total. The highest BCUT2D eigenvalue weighted by atomic mass is 16.5. The lowest BCUT2D eigenvalue weighted by Gasteiger charge is -2.33. The number of nitrogens with one attached hydrogen (secondary N) is 1. The van der Waals surface area contributed by atoms with Crippen molar-refractivity contribution in [1.82, 2.24) is 10.2 Å². The van der Waals surface area contributed by atoms with E-state index in [0.29, 0.717) is 6.04 Å². The van der Waals surface area contributed by atoms with E-state index >= 15 is 0 Å². The van der Waals surface area contributed by atoms with Gasteiger partial charge in [-0.25, -0.2) is 0 Å². The quantitative estimate of drug-likeness (QED) is 0.783. The van der Waals surface area contributed by atoms with Gasteiger partial charge in [-0.05, 0) is 58.2 Å². The van der Waals surface area contributed by atoms with Gasteiger partial charge in [-0.15, -0.1) is 0 Å². The highest BCUT2D eigenvalue weighted by molar-refractivity contribution is 4.79. The Morgan fingerprint density at radius 3 is 2.69 bits per heavy atom. The number of ether oxygens (including phenoxy) is 1. The van der Waals surface area contributed by atoms with E-state index in [1.54, 1.807) is 0 Å². The molecule has 2 aliphatic rings. The van der Waals surface area contributed by atoms with Gasteiger partial charge in [-0.2, -0.15) is 0 Å². The first kappa shape index (κ1) is 12.3. The Bertz CT molecular complexity index is 196. The first-order chi connectivity index (χ1) is 7.75. The minimum atomic E-state index is 0.675. The highest BCUT2D eigenvalue weighted by Gasteiger charge is 2.23. The van der Waals surface area contributed by atoms with Crippen LogP contribution >= 0.6 is 0 Å². The zero-order chi connectivity index (χ0) is 11.4. The summed E-state index contributed by atoms with van der Waals surface area (Å²) in [6, 6.07) is 0.675. The summed E-state index contributed by atoms with van der Waals surface area (Å²) in [5.74, 6) is 1.63. The first-order valence-electron chi connectivity index (χ1n) is 6.75. The minimum Gasteiger partial charge on any atom is -0.381 e. The SMILES string of the molecule is CC(NCC1CCOC1)C1CCN(C)CC1. The second-order valence-corrected chi connectivity index (χ2v) is 5.57. The van der Waals surface area contributed by atoms with E-state index in [0.717, 1.165) is 31.6 Å². The average Bonchev–Trinajstić information content (AvgIpc) is 2.80. The molecule has 2 unspecified atom stereocenters. The molecule has 0 saturated carbocycles. The number of nitrogens with zero attached hydrogens (tertiary/aromatic N) is 1. The molecule has 0 radical (unpaired) electrons. The summed E-state index contributed by atoms with van der Waals surface area (Å²) in [4.78, 5) is 2.44. The maximum atomic E-state index is 5.40. The predicted octanol–water partition coefficient (Wildman–Crippen LogP) is 1.34. The van der Waals surface area contributed by atoms with Gasteiger partial charge < -0.3 is 15.0 Å². The molecule has 0 aliphatic carbocycles. The van der Waals surface area contributed by atoms with Crippen LogP contribution in [0.1, 0.15) is 26.2 Å². The fourth-order valence-electron chi connectivity index (χ4n) is 2.79. The Balaban J connectivity index is 1.64. The van der Waals surface area contributed by atoms with Crippen molar-refractivity contribution in [2.24, 2.45) is 11.8 Å². The van der Waals surface area contributed by atoms with E-state index in [2.05, 4.69) is 24.2 Å². The summed E-state index contributed by atoms with van der Waals surface area (Å²) >= 11 is 0. The molecule has 1 N–H and O–H groups in total. The highest BCUT2D eigenvalue weighted by Crippen LogP contribution is 2.20. The average molecular weight is 226 g/mol. The fourth-order valence-corrected chi connectivity index (χ4v) is 2.79. The van der Waals surface area contributed by atoms with Crippen LogP contribution in [0.2, 0.25) is 0 Å². The molecule has 3 heteroatoms. The monoisotopic (exact) mass is 226 g/mol. The molecule has 0 amide bonds. The van der Waals surface area contributed by atoms with Crippen molar-refractivity contribution in [2.45, 2.75) is 32.2 Å². The Morgan fingerprint density at radius 1 is 1.31 bits per heavy atom. The standard InChI is InChI=1S/C13H26N2O/c1-11(13-3-6-15(2)7-4-13)14-9-12-5-8-16-10-12/h11-14H,3-10H2,1-2H3. The summed E-state index contributed by atoms with van der Waals surface area (Å²) in [5.41, 5.74) is 0. The van der Waals surface area contributed by atoms with Crippen LogP contribution in [0, 0.1) is 11.8 Å². The van der Waals surface area contributed by atoms with Crippen molar-refractivity contribution in [1.29, 1.82) is 0 Å². The van der Waals surface area contributed by atoms with Gasteiger partial charge in [0.05, 0.1) is 6.61 Å². The number of piperidine rings is 1. The lowest BCUT2D eigenvalue weighted by Crippen LogP contribution is -2.42. The van der Waals surface area contributed by atoms with Crippen LogP contribution in [0.5, 0.6) is 0 Å². The number of hydrogen-bond acceptors (Lipinski definition) is 3. The summed E-state index contributed by atoms with van der Waals surface area (Å²) < 4.78 is 5.40. The molecule has 2 fully saturated rings. The molecule has 0 spiro atoms. The van der Waals surface area contributed by atoms with Crippen molar-refractivity contribution < 1.29 is 4.74 Å². The zero-order valence-electron chi connectivity index (χ0n) is 10.7. The van der Waals surface area contributed by atoms with E-state index in [4.69, 9.17) is 4.74 Å². The van der Waals surface area contributed by atoms with Gasteiger partial charge in [-0.1, -0.05) is 0 Å². The lowest BCUT2D eigenvalue weighted by molar-refractivity contribution is 0.174. The second-order valence-electron chi connectivity index (χ2n) is 5.57. The molecule has 2 rings (SSSR count). The molecule has 0 aromatic heterocycles. The van der Waals surface area contributed by atoms with E-state index in [1.165, 1.54) is 32.4 Å². The Morgan fingerprint density at radius 2 is 2.06 bits per heavy atom. The molecule has 2 aliphatic heterocycles. The smallest absolute Gasteiger partial charge is 0.0507 e. The van der Waals surface area contributed by atoms with Crippen molar-refractivity contribution >= 4 is 0 Å². The van der Waals surface area contributed by atoms with Crippen molar-refractivity contribution in [3.63, 3.8) is 0 Å². The molecule has 16 heavy (non-hydrogen) atoms. The van der Waals surface area contributed by atoms with Gasteiger partial charge >= 0.3 is 0 Å². The first-order valence-corrected chi connectivity index (χ1v) is 6.75. The summed E-state index contributed by atoms with van der Waals surface area (Å²) in [6.07, 6.45) is 3.95. The summed E-state index contributed by atoms with van der Waals surface area (Å²) in [6.45, 7) is 7.97. The van der Waals surface area contributed by atoms with Gasteiger partial charge in [0.2, 0.25) is 0 Å². The largest absolute Gasteiger partial charge is 0.381 e. The third-order valence-corrected chi connectivity index (χ3v) is 4.22. The van der Waals surface area contributed by atoms with Crippen LogP contribution in [0.15, 0.2) is 0 Å². The van der Waals surface area contributed by atoms with Crippen LogP contribution < -0.4 is 5.32 Å². The third kappa shape index (κ3) is 3.44. The molecule has 2 atom stereocenters. The van der Waals surface area contributed by atoms with Crippen LogP contribution in [-0.4, -0.2) is 50.8 Å². The molecule has 0 aromatic rings. The molecular weight excluding hydrogens is 200 g/mol. The molecule has 2 saturated heterocycles. The molecule has 2 heterocycles. The zero-order valence-corrected chi connectivity index (χ0v) is 10.7. The van der Waals surface area contributed by atoms with Crippen LogP contribution in [-0.2, 0) is 4.74 Å². The number of likely N-dealkylation sites (tertiary alicyclic amines) is 1. The van der Waals surface area contributed by atoms with Crippen LogP contribution in [0.4, 0.5) is 0 Å². The number of rotatable bonds is 4. The molecular formula is C13H26N2O. The van der Waals surface area contributed by atoms with Crippen molar-refractivity contribution in [3.05, 3.63) is 0 Å². The normalized spacial score (nSPS) is 30.8. The number of hydrogen-bond donors (Lipinski definition) is 1. The van der Waals surface area contributed by atoms with Crippen molar-refractivity contribution in [2.75, 3.05) is 39.9 Å². The van der Waals surface area contributed by atoms with E-state index in [-0.39, 0.29) is 0 Å². The van der Waals surface area contributed by atoms with Crippen LogP contribution in [0.25, 0.3) is 0 Å². The van der Waals surface area contributed by atoms with E-state index in [9.17, 15) is 0 Å². The Kier molecular flexibility index (Phi) is 4.62. The molecule has 0 bridgehead atoms. The van der Waals surface area contributed by atoms with Crippen molar-refractivity contribution in [3.8, 4) is 0 Å². The van der Waals surface area contributed by atoms with E-state index in [1.807, 2.05) is 0 Å². The van der Waals surface area contributed by atoms with E-state index < -0.39 is 0 Å². The van der Waals surface area contributed by atoms with Gasteiger partial charge in [0.25, 0.3) is 0 Å². The summed E-state index contributed by atoms with van der Waals surface area (Å²) in [5, 5.41) is 3.71. The topological polar surface area (TPSA) is 24.5 Å². The Labute approximate surface area is 99.5 Å². The summed E-state index contributed by atoms with van der Waals surface area (Å²) in [7, 11) is 2.23. The maximum Gasteiger partial charge on any atom is 0.0507 e. The molecule has 94 valence electrons. The van der Waals surface area contributed by atoms with Gasteiger partial charge in [0.15, 0.2) is 0 Å². The minimum absolute atomic E-state index is 0.675. The second kappa shape index (κ2) is 5.99. The third-order valence-electron chi connectivity index (χ3n) is 4.22. The Hall–Kier alpha value is -0.120. The fraction of sp³-hybridized carbons (Fsp3) is 1.00. The van der Waals surface area contributed by atoms with Gasteiger partial charge in [0.1, 0.15) is 0 Å².